The maximum Gasteiger partial charge on any atom is 0.410 e. The number of aryl methyl sites for hydroxylation is 1. The highest BCUT2D eigenvalue weighted by molar-refractivity contribution is 5.99. The Morgan fingerprint density at radius 1 is 1.50 bits per heavy atom. The summed E-state index contributed by atoms with van der Waals surface area (Å²) in [6.07, 6.45) is -0.402. The highest BCUT2D eigenvalue weighted by Crippen LogP contribution is 2.08. The average Bonchev–Trinajstić information content (AvgIpc) is 2.64. The standard InChI is InChI=1S/C12H13NO3/c1-9-3-2-4-10(7-9)11(14)8-13-5-6-16-12(13)15/h2-4,7H,5-6,8H2,1H3. The summed E-state index contributed by atoms with van der Waals surface area (Å²) < 4.78 is 4.76. The first-order chi connectivity index (χ1) is 7.66. The van der Waals surface area contributed by atoms with E-state index in [1.807, 2.05) is 25.1 Å². The molecule has 16 heavy (non-hydrogen) atoms. The van der Waals surface area contributed by atoms with Crippen molar-refractivity contribution in [2.45, 2.75) is 6.92 Å². The van der Waals surface area contributed by atoms with Gasteiger partial charge in [0.05, 0.1) is 13.1 Å². The van der Waals surface area contributed by atoms with Gasteiger partial charge >= 0.3 is 6.09 Å². The molecule has 0 radical (unpaired) electrons. The number of amides is 1. The van der Waals surface area contributed by atoms with E-state index >= 15 is 0 Å². The molecule has 1 saturated heterocycles. The molecule has 1 aromatic carbocycles. The van der Waals surface area contributed by atoms with E-state index in [2.05, 4.69) is 0 Å². The Bertz CT molecular complexity index is 428. The van der Waals surface area contributed by atoms with Crippen LogP contribution in [0.3, 0.4) is 0 Å². The molecule has 0 spiro atoms. The van der Waals surface area contributed by atoms with Crippen LogP contribution in [-0.4, -0.2) is 36.5 Å². The molecule has 1 aromatic rings. The number of carbonyl (C=O) groups is 2. The topological polar surface area (TPSA) is 46.6 Å². The third kappa shape index (κ3) is 2.21. The maximum absolute atomic E-state index is 11.8. The van der Waals surface area contributed by atoms with E-state index in [1.54, 1.807) is 6.07 Å². The smallest absolute Gasteiger partial charge is 0.410 e. The zero-order valence-corrected chi connectivity index (χ0v) is 9.10. The summed E-state index contributed by atoms with van der Waals surface area (Å²) in [7, 11) is 0. The molecular formula is C12H13NO3. The number of rotatable bonds is 3. The fourth-order valence-corrected chi connectivity index (χ4v) is 1.65. The predicted octanol–water partition coefficient (Wildman–Crippen LogP) is 1.63. The zero-order valence-electron chi connectivity index (χ0n) is 9.10. The van der Waals surface area contributed by atoms with E-state index in [9.17, 15) is 9.59 Å². The van der Waals surface area contributed by atoms with Gasteiger partial charge in [-0.15, -0.1) is 0 Å². The van der Waals surface area contributed by atoms with Crippen LogP contribution in [0.5, 0.6) is 0 Å². The molecule has 84 valence electrons. The monoisotopic (exact) mass is 219 g/mol. The molecule has 0 aromatic heterocycles. The molecule has 4 nitrogen and oxygen atoms in total. The average molecular weight is 219 g/mol. The molecule has 0 atom stereocenters. The summed E-state index contributed by atoms with van der Waals surface area (Å²) in [6, 6.07) is 7.35. The first-order valence-electron chi connectivity index (χ1n) is 5.18. The van der Waals surface area contributed by atoms with Gasteiger partial charge in [-0.25, -0.2) is 4.79 Å². The molecule has 1 amide bonds. The lowest BCUT2D eigenvalue weighted by molar-refractivity contribution is 0.0943. The van der Waals surface area contributed by atoms with Gasteiger partial charge in [-0.05, 0) is 13.0 Å². The summed E-state index contributed by atoms with van der Waals surface area (Å²) in [5.74, 6) is -0.0532. The Balaban J connectivity index is 2.05. The number of carbonyl (C=O) groups excluding carboxylic acids is 2. The molecule has 1 aliphatic rings. The van der Waals surface area contributed by atoms with E-state index in [0.29, 0.717) is 18.7 Å². The van der Waals surface area contributed by atoms with E-state index in [4.69, 9.17) is 4.74 Å². The lowest BCUT2D eigenvalue weighted by atomic mass is 10.1. The summed E-state index contributed by atoms with van der Waals surface area (Å²) in [5.41, 5.74) is 1.68. The minimum Gasteiger partial charge on any atom is -0.448 e. The number of Topliss-reactive ketones (excluding diaryl/α,β-unsaturated/α-hetero) is 1. The number of ketones is 1. The van der Waals surface area contributed by atoms with Crippen molar-refractivity contribution in [2.75, 3.05) is 19.7 Å². The molecule has 1 heterocycles. The zero-order chi connectivity index (χ0) is 11.5. The minimum atomic E-state index is -0.402. The third-order valence-corrected chi connectivity index (χ3v) is 2.52. The second-order valence-corrected chi connectivity index (χ2v) is 3.83. The van der Waals surface area contributed by atoms with Crippen LogP contribution in [0.4, 0.5) is 4.79 Å². The number of ether oxygens (including phenoxy) is 1. The fraction of sp³-hybridized carbons (Fsp3) is 0.333. The molecule has 2 rings (SSSR count). The molecule has 1 fully saturated rings. The van der Waals surface area contributed by atoms with Crippen molar-refractivity contribution in [3.63, 3.8) is 0 Å². The van der Waals surface area contributed by atoms with Crippen molar-refractivity contribution in [1.82, 2.24) is 4.90 Å². The Morgan fingerprint density at radius 2 is 2.31 bits per heavy atom. The predicted molar refractivity (Wildman–Crippen MR) is 58.4 cm³/mol. The Labute approximate surface area is 93.8 Å². The molecule has 4 heteroatoms. The lowest BCUT2D eigenvalue weighted by Gasteiger charge is -2.11. The molecule has 0 aliphatic carbocycles. The molecule has 0 N–H and O–H groups in total. The van der Waals surface area contributed by atoms with Crippen molar-refractivity contribution >= 4 is 11.9 Å². The van der Waals surface area contributed by atoms with Gasteiger partial charge in [0, 0.05) is 5.56 Å². The Hall–Kier alpha value is -1.84. The second kappa shape index (κ2) is 4.35. The minimum absolute atomic E-state index is 0.0532. The van der Waals surface area contributed by atoms with Gasteiger partial charge in [-0.3, -0.25) is 9.69 Å². The van der Waals surface area contributed by atoms with Crippen LogP contribution in [0, 0.1) is 6.92 Å². The summed E-state index contributed by atoms with van der Waals surface area (Å²) in [4.78, 5) is 24.4. The Kier molecular flexibility index (Phi) is 2.90. The van der Waals surface area contributed by atoms with Crippen LogP contribution in [-0.2, 0) is 4.74 Å². The summed E-state index contributed by atoms with van der Waals surface area (Å²) in [5, 5.41) is 0. The summed E-state index contributed by atoms with van der Waals surface area (Å²) in [6.45, 7) is 2.90. The second-order valence-electron chi connectivity index (χ2n) is 3.83. The van der Waals surface area contributed by atoms with Crippen molar-refractivity contribution in [2.24, 2.45) is 0 Å². The molecule has 0 unspecified atom stereocenters. The number of hydrogen-bond donors (Lipinski definition) is 0. The van der Waals surface area contributed by atoms with E-state index in [0.717, 1.165) is 5.56 Å². The fourth-order valence-electron chi connectivity index (χ4n) is 1.65. The molecule has 0 bridgehead atoms. The van der Waals surface area contributed by atoms with Crippen LogP contribution in [0.2, 0.25) is 0 Å². The van der Waals surface area contributed by atoms with Crippen molar-refractivity contribution in [3.8, 4) is 0 Å². The summed E-state index contributed by atoms with van der Waals surface area (Å²) >= 11 is 0. The number of benzene rings is 1. The van der Waals surface area contributed by atoms with Gasteiger partial charge in [0.2, 0.25) is 0 Å². The highest BCUT2D eigenvalue weighted by atomic mass is 16.6. The number of cyclic esters (lactones) is 1. The van der Waals surface area contributed by atoms with Gasteiger partial charge in [0.1, 0.15) is 6.61 Å². The maximum atomic E-state index is 11.8. The molecule has 1 aliphatic heterocycles. The normalized spacial score (nSPS) is 15.1. The van der Waals surface area contributed by atoms with E-state index in [1.165, 1.54) is 4.90 Å². The number of hydrogen-bond acceptors (Lipinski definition) is 3. The van der Waals surface area contributed by atoms with Gasteiger partial charge in [-0.2, -0.15) is 0 Å². The largest absolute Gasteiger partial charge is 0.448 e. The van der Waals surface area contributed by atoms with Crippen LogP contribution >= 0.6 is 0 Å². The quantitative estimate of drug-likeness (QED) is 0.726. The van der Waals surface area contributed by atoms with Crippen LogP contribution in [0.1, 0.15) is 15.9 Å². The van der Waals surface area contributed by atoms with E-state index in [-0.39, 0.29) is 12.3 Å². The molecular weight excluding hydrogens is 206 g/mol. The van der Waals surface area contributed by atoms with Crippen LogP contribution in [0.25, 0.3) is 0 Å². The first-order valence-corrected chi connectivity index (χ1v) is 5.18. The lowest BCUT2D eigenvalue weighted by Crippen LogP contribution is -2.30. The van der Waals surface area contributed by atoms with Crippen molar-refractivity contribution < 1.29 is 14.3 Å². The van der Waals surface area contributed by atoms with Crippen LogP contribution < -0.4 is 0 Å². The van der Waals surface area contributed by atoms with E-state index < -0.39 is 6.09 Å². The third-order valence-electron chi connectivity index (χ3n) is 2.52. The van der Waals surface area contributed by atoms with Gasteiger partial charge < -0.3 is 4.74 Å². The van der Waals surface area contributed by atoms with Crippen molar-refractivity contribution in [1.29, 1.82) is 0 Å². The Morgan fingerprint density at radius 3 is 2.94 bits per heavy atom. The van der Waals surface area contributed by atoms with Crippen LogP contribution in [0.15, 0.2) is 24.3 Å². The van der Waals surface area contributed by atoms with Gasteiger partial charge in [0.25, 0.3) is 0 Å². The SMILES string of the molecule is Cc1cccc(C(=O)CN2CCOC2=O)c1. The highest BCUT2D eigenvalue weighted by Gasteiger charge is 2.24. The first kappa shape index (κ1) is 10.7. The number of nitrogens with zero attached hydrogens (tertiary/aromatic N) is 1. The van der Waals surface area contributed by atoms with Crippen molar-refractivity contribution in [3.05, 3.63) is 35.4 Å². The van der Waals surface area contributed by atoms with Gasteiger partial charge in [0.15, 0.2) is 5.78 Å². The molecule has 0 saturated carbocycles. The van der Waals surface area contributed by atoms with Gasteiger partial charge in [-0.1, -0.05) is 23.8 Å².